The summed E-state index contributed by atoms with van der Waals surface area (Å²) in [6.45, 7) is 3.80. The number of hydrogen-bond acceptors (Lipinski definition) is 6. The van der Waals surface area contributed by atoms with Crippen molar-refractivity contribution in [2.24, 2.45) is 0 Å². The van der Waals surface area contributed by atoms with E-state index in [4.69, 9.17) is 0 Å². The first-order chi connectivity index (χ1) is 11.1. The number of carbonyl (C=O) groups excluding carboxylic acids is 1. The summed E-state index contributed by atoms with van der Waals surface area (Å²) in [6.07, 6.45) is 2.00. The molecule has 0 aromatic carbocycles. The van der Waals surface area contributed by atoms with Gasteiger partial charge in [0.25, 0.3) is 5.91 Å². The van der Waals surface area contributed by atoms with Gasteiger partial charge in [-0.1, -0.05) is 17.4 Å². The Balaban J connectivity index is 1.82. The molecule has 1 N–H and O–H groups in total. The lowest BCUT2D eigenvalue weighted by atomic mass is 10.1. The number of pyridine rings is 1. The molecule has 0 saturated heterocycles. The molecule has 0 aliphatic heterocycles. The van der Waals surface area contributed by atoms with Gasteiger partial charge in [-0.3, -0.25) is 15.1 Å². The van der Waals surface area contributed by atoms with E-state index < -0.39 is 0 Å². The maximum Gasteiger partial charge on any atom is 0.259 e. The number of thiophene rings is 1. The van der Waals surface area contributed by atoms with Crippen LogP contribution in [0, 0.1) is 13.8 Å². The van der Waals surface area contributed by atoms with Crippen LogP contribution < -0.4 is 5.32 Å². The zero-order valence-electron chi connectivity index (χ0n) is 12.9. The quantitative estimate of drug-likeness (QED) is 0.674. The molecule has 3 aromatic rings. The Bertz CT molecular complexity index is 840. The average molecular weight is 362 g/mol. The highest BCUT2D eigenvalue weighted by Crippen LogP contribution is 2.30. The second-order valence-corrected chi connectivity index (χ2v) is 7.88. The summed E-state index contributed by atoms with van der Waals surface area (Å²) < 4.78 is 1.11. The Kier molecular flexibility index (Phi) is 4.79. The maximum absolute atomic E-state index is 12.5. The standard InChI is InChI=1S/C16H15N3OS3/c1-9-11(6-7-12(17-9)13-5-4-8-22-13)14(20)19-16-18-10(2)15(21-3)23-16/h4-8H,1-3H3,(H,18,19,20). The summed E-state index contributed by atoms with van der Waals surface area (Å²) in [5, 5.41) is 5.51. The molecule has 3 aromatic heterocycles. The largest absolute Gasteiger partial charge is 0.298 e. The van der Waals surface area contributed by atoms with E-state index in [1.165, 1.54) is 11.3 Å². The molecule has 0 saturated carbocycles. The van der Waals surface area contributed by atoms with E-state index >= 15 is 0 Å². The molecule has 118 valence electrons. The van der Waals surface area contributed by atoms with E-state index in [0.29, 0.717) is 16.4 Å². The molecule has 0 aliphatic carbocycles. The Morgan fingerprint density at radius 2 is 2.00 bits per heavy atom. The summed E-state index contributed by atoms with van der Waals surface area (Å²) in [7, 11) is 0. The van der Waals surface area contributed by atoms with Crippen molar-refractivity contribution in [1.29, 1.82) is 0 Å². The molecule has 0 atom stereocenters. The van der Waals surface area contributed by atoms with Crippen LogP contribution in [0.2, 0.25) is 0 Å². The number of nitrogens with zero attached hydrogens (tertiary/aromatic N) is 2. The number of thiazole rings is 1. The van der Waals surface area contributed by atoms with E-state index in [1.54, 1.807) is 23.1 Å². The third-order valence-electron chi connectivity index (χ3n) is 3.26. The maximum atomic E-state index is 12.5. The van der Waals surface area contributed by atoms with Crippen LogP contribution in [0.5, 0.6) is 0 Å². The van der Waals surface area contributed by atoms with Crippen LogP contribution in [0.4, 0.5) is 5.13 Å². The van der Waals surface area contributed by atoms with Gasteiger partial charge < -0.3 is 0 Å². The van der Waals surface area contributed by atoms with Gasteiger partial charge in [0.05, 0.1) is 31.7 Å². The van der Waals surface area contributed by atoms with Gasteiger partial charge in [-0.25, -0.2) is 4.98 Å². The molecule has 0 aliphatic rings. The lowest BCUT2D eigenvalue weighted by molar-refractivity contribution is 0.102. The first-order valence-electron chi connectivity index (χ1n) is 6.93. The first kappa shape index (κ1) is 16.2. The van der Waals surface area contributed by atoms with E-state index in [9.17, 15) is 4.79 Å². The van der Waals surface area contributed by atoms with Crippen molar-refractivity contribution in [2.45, 2.75) is 18.1 Å². The highest BCUT2D eigenvalue weighted by molar-refractivity contribution is 8.00. The molecule has 23 heavy (non-hydrogen) atoms. The number of carbonyl (C=O) groups is 1. The third-order valence-corrected chi connectivity index (χ3v) is 6.44. The van der Waals surface area contributed by atoms with Gasteiger partial charge in [0.2, 0.25) is 0 Å². The van der Waals surface area contributed by atoms with Crippen LogP contribution in [-0.2, 0) is 0 Å². The Morgan fingerprint density at radius 3 is 2.61 bits per heavy atom. The fourth-order valence-electron chi connectivity index (χ4n) is 2.15. The number of amides is 1. The SMILES string of the molecule is CSc1sc(NC(=O)c2ccc(-c3cccs3)nc2C)nc1C. The molecule has 0 fully saturated rings. The van der Waals surface area contributed by atoms with Gasteiger partial charge in [-0.15, -0.1) is 23.1 Å². The number of hydrogen-bond donors (Lipinski definition) is 1. The van der Waals surface area contributed by atoms with Crippen LogP contribution in [0.15, 0.2) is 33.9 Å². The number of nitrogens with one attached hydrogen (secondary N) is 1. The van der Waals surface area contributed by atoms with Crippen molar-refractivity contribution in [2.75, 3.05) is 11.6 Å². The molecule has 0 bridgehead atoms. The van der Waals surface area contributed by atoms with Gasteiger partial charge in [0.15, 0.2) is 5.13 Å². The summed E-state index contributed by atoms with van der Waals surface area (Å²) in [4.78, 5) is 22.5. The minimum Gasteiger partial charge on any atom is -0.298 e. The van der Waals surface area contributed by atoms with Gasteiger partial charge in [0, 0.05) is 0 Å². The number of aromatic nitrogens is 2. The Hall–Kier alpha value is -1.70. The van der Waals surface area contributed by atoms with Crippen molar-refractivity contribution < 1.29 is 4.79 Å². The minimum absolute atomic E-state index is 0.172. The van der Waals surface area contributed by atoms with E-state index in [2.05, 4.69) is 15.3 Å². The summed E-state index contributed by atoms with van der Waals surface area (Å²) in [5.41, 5.74) is 3.13. The van der Waals surface area contributed by atoms with Crippen molar-refractivity contribution in [3.8, 4) is 10.6 Å². The zero-order valence-corrected chi connectivity index (χ0v) is 15.4. The van der Waals surface area contributed by atoms with Crippen molar-refractivity contribution >= 4 is 45.5 Å². The van der Waals surface area contributed by atoms with Crippen molar-refractivity contribution in [3.63, 3.8) is 0 Å². The molecule has 1 amide bonds. The molecular weight excluding hydrogens is 346 g/mol. The van der Waals surface area contributed by atoms with E-state index in [0.717, 1.165) is 20.5 Å². The van der Waals surface area contributed by atoms with E-state index in [-0.39, 0.29) is 5.91 Å². The Morgan fingerprint density at radius 1 is 1.17 bits per heavy atom. The van der Waals surface area contributed by atoms with Crippen LogP contribution >= 0.6 is 34.4 Å². The Labute approximate surface area is 147 Å². The summed E-state index contributed by atoms with van der Waals surface area (Å²) in [6, 6.07) is 7.72. The molecule has 0 spiro atoms. The fourth-order valence-corrected chi connectivity index (χ4v) is 4.45. The molecule has 4 nitrogen and oxygen atoms in total. The number of rotatable bonds is 4. The van der Waals surface area contributed by atoms with Crippen molar-refractivity contribution in [3.05, 3.63) is 46.6 Å². The second kappa shape index (κ2) is 6.82. The topological polar surface area (TPSA) is 54.9 Å². The van der Waals surface area contributed by atoms with Crippen LogP contribution in [-0.4, -0.2) is 22.1 Å². The lowest BCUT2D eigenvalue weighted by Gasteiger charge is -2.06. The smallest absolute Gasteiger partial charge is 0.259 e. The zero-order chi connectivity index (χ0) is 16.4. The lowest BCUT2D eigenvalue weighted by Crippen LogP contribution is -2.14. The predicted molar refractivity (Wildman–Crippen MR) is 98.9 cm³/mol. The average Bonchev–Trinajstić information content (AvgIpc) is 3.16. The normalized spacial score (nSPS) is 10.7. The van der Waals surface area contributed by atoms with Crippen LogP contribution in [0.25, 0.3) is 10.6 Å². The second-order valence-electron chi connectivity index (χ2n) is 4.86. The molecule has 7 heteroatoms. The van der Waals surface area contributed by atoms with E-state index in [1.807, 2.05) is 49.7 Å². The van der Waals surface area contributed by atoms with Gasteiger partial charge in [-0.05, 0) is 43.7 Å². The van der Waals surface area contributed by atoms with Gasteiger partial charge >= 0.3 is 0 Å². The molecule has 0 unspecified atom stereocenters. The first-order valence-corrected chi connectivity index (χ1v) is 9.85. The molecule has 3 rings (SSSR count). The molecule has 0 radical (unpaired) electrons. The number of aryl methyl sites for hydroxylation is 2. The predicted octanol–water partition coefficient (Wildman–Crippen LogP) is 4.86. The number of anilines is 1. The van der Waals surface area contributed by atoms with Gasteiger partial charge in [-0.2, -0.15) is 0 Å². The minimum atomic E-state index is -0.172. The highest BCUT2D eigenvalue weighted by Gasteiger charge is 2.15. The highest BCUT2D eigenvalue weighted by atomic mass is 32.2. The monoisotopic (exact) mass is 361 g/mol. The summed E-state index contributed by atoms with van der Waals surface area (Å²) in [5.74, 6) is -0.172. The van der Waals surface area contributed by atoms with Gasteiger partial charge in [0.1, 0.15) is 0 Å². The van der Waals surface area contributed by atoms with Crippen LogP contribution in [0.1, 0.15) is 21.7 Å². The fraction of sp³-hybridized carbons (Fsp3) is 0.188. The summed E-state index contributed by atoms with van der Waals surface area (Å²) >= 11 is 4.76. The van der Waals surface area contributed by atoms with Crippen molar-refractivity contribution in [1.82, 2.24) is 9.97 Å². The molecular formula is C16H15N3OS3. The third kappa shape index (κ3) is 3.46. The molecule has 3 heterocycles. The number of thioether (sulfide) groups is 1. The van der Waals surface area contributed by atoms with Crippen LogP contribution in [0.3, 0.4) is 0 Å².